The summed E-state index contributed by atoms with van der Waals surface area (Å²) in [6.07, 6.45) is 0.678. The van der Waals surface area contributed by atoms with Gasteiger partial charge in [-0.15, -0.1) is 0 Å². The number of carbonyl (C=O) groups is 1. The van der Waals surface area contributed by atoms with Crippen molar-refractivity contribution in [2.45, 2.75) is 18.2 Å². The van der Waals surface area contributed by atoms with Gasteiger partial charge >= 0.3 is 0 Å². The summed E-state index contributed by atoms with van der Waals surface area (Å²) in [6, 6.07) is 10.9. The van der Waals surface area contributed by atoms with Crippen LogP contribution in [-0.4, -0.2) is 34.6 Å². The second-order valence-electron chi connectivity index (χ2n) is 5.56. The Morgan fingerprint density at radius 2 is 1.85 bits per heavy atom. The Labute approximate surface area is 163 Å². The molecule has 2 N–H and O–H groups in total. The van der Waals surface area contributed by atoms with E-state index in [1.54, 1.807) is 31.4 Å². The van der Waals surface area contributed by atoms with E-state index < -0.39 is 10.0 Å². The minimum atomic E-state index is -3.62. The second kappa shape index (κ2) is 9.59. The Balaban J connectivity index is 1.96. The van der Waals surface area contributed by atoms with Crippen LogP contribution in [0, 0.1) is 0 Å². The van der Waals surface area contributed by atoms with Crippen molar-refractivity contribution in [2.75, 3.05) is 25.6 Å². The maximum Gasteiger partial charge on any atom is 0.262 e. The number of anilines is 1. The summed E-state index contributed by atoms with van der Waals surface area (Å²) in [5.41, 5.74) is 0.596. The van der Waals surface area contributed by atoms with E-state index in [1.165, 1.54) is 18.2 Å². The number of nitrogens with one attached hydrogen (secondary N) is 2. The highest BCUT2D eigenvalue weighted by Gasteiger charge is 2.16. The molecule has 1 amide bonds. The van der Waals surface area contributed by atoms with E-state index in [0.29, 0.717) is 24.4 Å². The highest BCUT2D eigenvalue weighted by Crippen LogP contribution is 2.27. The number of hydrogen-bond donors (Lipinski definition) is 2. The SMILES string of the molecule is CCCNS(=O)(=O)c1ccc(OCC(=O)Nc2ccc(OC)cc2)c(Cl)c1. The van der Waals surface area contributed by atoms with E-state index in [4.69, 9.17) is 21.1 Å². The van der Waals surface area contributed by atoms with E-state index in [-0.39, 0.29) is 28.2 Å². The Morgan fingerprint density at radius 3 is 2.44 bits per heavy atom. The van der Waals surface area contributed by atoms with Crippen molar-refractivity contribution in [2.24, 2.45) is 0 Å². The lowest BCUT2D eigenvalue weighted by Gasteiger charge is -2.11. The smallest absolute Gasteiger partial charge is 0.262 e. The van der Waals surface area contributed by atoms with Crippen molar-refractivity contribution in [3.05, 3.63) is 47.5 Å². The van der Waals surface area contributed by atoms with Crippen LogP contribution in [0.25, 0.3) is 0 Å². The molecule has 9 heteroatoms. The van der Waals surface area contributed by atoms with Gasteiger partial charge in [0, 0.05) is 12.2 Å². The molecule has 0 aliphatic carbocycles. The van der Waals surface area contributed by atoms with Crippen LogP contribution in [0.2, 0.25) is 5.02 Å². The molecule has 0 heterocycles. The molecule has 0 radical (unpaired) electrons. The number of sulfonamides is 1. The fourth-order valence-electron chi connectivity index (χ4n) is 2.10. The van der Waals surface area contributed by atoms with Crippen LogP contribution in [0.15, 0.2) is 47.4 Å². The molecule has 2 aromatic carbocycles. The van der Waals surface area contributed by atoms with E-state index in [9.17, 15) is 13.2 Å². The van der Waals surface area contributed by atoms with Gasteiger partial charge in [0.05, 0.1) is 17.0 Å². The molecule has 0 aromatic heterocycles. The molecule has 2 aromatic rings. The van der Waals surface area contributed by atoms with Crippen LogP contribution in [-0.2, 0) is 14.8 Å². The average Bonchev–Trinajstić information content (AvgIpc) is 2.66. The van der Waals surface area contributed by atoms with E-state index >= 15 is 0 Å². The summed E-state index contributed by atoms with van der Waals surface area (Å²) in [5.74, 6) is 0.521. The standard InChI is InChI=1S/C18H21ClN2O5S/c1-3-10-20-27(23,24)15-8-9-17(16(19)11-15)26-12-18(22)21-13-4-6-14(25-2)7-5-13/h4-9,11,20H,3,10,12H2,1-2H3,(H,21,22). The van der Waals surface area contributed by atoms with Crippen LogP contribution in [0.5, 0.6) is 11.5 Å². The Bertz CT molecular complexity index is 885. The van der Waals surface area contributed by atoms with Crippen LogP contribution >= 0.6 is 11.6 Å². The molecule has 7 nitrogen and oxygen atoms in total. The predicted molar refractivity (Wildman–Crippen MR) is 104 cm³/mol. The molecule has 0 aliphatic heterocycles. The van der Waals surface area contributed by atoms with Crippen molar-refractivity contribution in [1.29, 1.82) is 0 Å². The fourth-order valence-corrected chi connectivity index (χ4v) is 3.56. The Kier molecular flexibility index (Phi) is 7.46. The van der Waals surface area contributed by atoms with Gasteiger partial charge in [-0.3, -0.25) is 4.79 Å². The third kappa shape index (κ3) is 6.13. The average molecular weight is 413 g/mol. The molecular formula is C18H21ClN2O5S. The summed E-state index contributed by atoms with van der Waals surface area (Å²) in [4.78, 5) is 12.0. The minimum Gasteiger partial charge on any atom is -0.497 e. The molecule has 0 atom stereocenters. The van der Waals surface area contributed by atoms with Crippen molar-refractivity contribution in [3.63, 3.8) is 0 Å². The number of carbonyl (C=O) groups excluding carboxylic acids is 1. The Morgan fingerprint density at radius 1 is 1.15 bits per heavy atom. The van der Waals surface area contributed by atoms with Crippen molar-refractivity contribution in [1.82, 2.24) is 4.72 Å². The topological polar surface area (TPSA) is 93.7 Å². The number of methoxy groups -OCH3 is 1. The zero-order valence-corrected chi connectivity index (χ0v) is 16.6. The molecule has 0 saturated heterocycles. The van der Waals surface area contributed by atoms with Crippen LogP contribution in [0.1, 0.15) is 13.3 Å². The largest absolute Gasteiger partial charge is 0.497 e. The third-order valence-electron chi connectivity index (χ3n) is 3.49. The van der Waals surface area contributed by atoms with Gasteiger partial charge in [-0.2, -0.15) is 0 Å². The molecule has 27 heavy (non-hydrogen) atoms. The number of amides is 1. The van der Waals surface area contributed by atoms with Crippen LogP contribution in [0.4, 0.5) is 5.69 Å². The summed E-state index contributed by atoms with van der Waals surface area (Å²) in [5, 5.41) is 2.78. The van der Waals surface area contributed by atoms with Crippen LogP contribution in [0.3, 0.4) is 0 Å². The first-order valence-electron chi connectivity index (χ1n) is 8.21. The van der Waals surface area contributed by atoms with Crippen LogP contribution < -0.4 is 19.5 Å². The second-order valence-corrected chi connectivity index (χ2v) is 7.73. The number of halogens is 1. The first-order chi connectivity index (χ1) is 12.9. The first-order valence-corrected chi connectivity index (χ1v) is 10.1. The molecule has 0 fully saturated rings. The molecule has 0 saturated carbocycles. The lowest BCUT2D eigenvalue weighted by molar-refractivity contribution is -0.118. The predicted octanol–water partition coefficient (Wildman–Crippen LogP) is 3.05. The molecule has 0 bridgehead atoms. The minimum absolute atomic E-state index is 0.0379. The summed E-state index contributed by atoms with van der Waals surface area (Å²) in [7, 11) is -2.06. The van der Waals surface area contributed by atoms with E-state index in [0.717, 1.165) is 0 Å². The van der Waals surface area contributed by atoms with Gasteiger partial charge in [0.1, 0.15) is 11.5 Å². The van der Waals surface area contributed by atoms with Gasteiger partial charge in [0.2, 0.25) is 10.0 Å². The summed E-state index contributed by atoms with van der Waals surface area (Å²) in [6.45, 7) is 1.93. The van der Waals surface area contributed by atoms with Crippen molar-refractivity contribution >= 4 is 33.2 Å². The molecule has 0 unspecified atom stereocenters. The van der Waals surface area contributed by atoms with Gasteiger partial charge in [-0.1, -0.05) is 18.5 Å². The van der Waals surface area contributed by atoms with Gasteiger partial charge in [0.15, 0.2) is 6.61 Å². The summed E-state index contributed by atoms with van der Waals surface area (Å²) >= 11 is 6.08. The van der Waals surface area contributed by atoms with Crippen molar-refractivity contribution in [3.8, 4) is 11.5 Å². The maximum absolute atomic E-state index is 12.1. The molecule has 0 aliphatic rings. The van der Waals surface area contributed by atoms with E-state index in [1.807, 2.05) is 6.92 Å². The lowest BCUT2D eigenvalue weighted by Crippen LogP contribution is -2.24. The first kappa shape index (κ1) is 21.0. The van der Waals surface area contributed by atoms with Crippen molar-refractivity contribution < 1.29 is 22.7 Å². The molecule has 2 rings (SSSR count). The van der Waals surface area contributed by atoms with E-state index in [2.05, 4.69) is 10.0 Å². The number of ether oxygens (including phenoxy) is 2. The maximum atomic E-state index is 12.1. The molecular weight excluding hydrogens is 392 g/mol. The third-order valence-corrected chi connectivity index (χ3v) is 5.24. The monoisotopic (exact) mass is 412 g/mol. The fraction of sp³-hybridized carbons (Fsp3) is 0.278. The number of rotatable bonds is 9. The van der Waals surface area contributed by atoms with Gasteiger partial charge in [-0.05, 0) is 48.9 Å². The highest BCUT2D eigenvalue weighted by atomic mass is 35.5. The number of hydrogen-bond acceptors (Lipinski definition) is 5. The molecule has 146 valence electrons. The van der Waals surface area contributed by atoms with Gasteiger partial charge < -0.3 is 14.8 Å². The Hall–Kier alpha value is -2.29. The number of benzene rings is 2. The zero-order chi connectivity index (χ0) is 19.9. The highest BCUT2D eigenvalue weighted by molar-refractivity contribution is 7.89. The van der Waals surface area contributed by atoms with Gasteiger partial charge in [-0.25, -0.2) is 13.1 Å². The lowest BCUT2D eigenvalue weighted by atomic mass is 10.3. The molecule has 0 spiro atoms. The zero-order valence-electron chi connectivity index (χ0n) is 15.0. The van der Waals surface area contributed by atoms with Gasteiger partial charge in [0.25, 0.3) is 5.91 Å². The summed E-state index contributed by atoms with van der Waals surface area (Å²) < 4.78 is 37.1. The quantitative estimate of drug-likeness (QED) is 0.660. The normalized spacial score (nSPS) is 11.1.